The lowest BCUT2D eigenvalue weighted by atomic mass is 10.2. The average molecular weight is 357 g/mol. The largest absolute Gasteiger partial charge is 0.451 e. The van der Waals surface area contributed by atoms with E-state index in [-0.39, 0.29) is 16.6 Å². The van der Waals surface area contributed by atoms with Crippen molar-refractivity contribution in [2.75, 3.05) is 19.7 Å². The third-order valence-electron chi connectivity index (χ3n) is 3.93. The molecular weight excluding hydrogens is 334 g/mol. The first-order chi connectivity index (χ1) is 11.3. The molecule has 0 aliphatic carbocycles. The fraction of sp³-hybridized carbons (Fsp3) is 0.600. The van der Waals surface area contributed by atoms with Gasteiger partial charge in [-0.2, -0.15) is 4.31 Å². The Labute approximate surface area is 141 Å². The Bertz CT molecular complexity index is 692. The van der Waals surface area contributed by atoms with Gasteiger partial charge in [0, 0.05) is 25.3 Å². The second-order valence-electron chi connectivity index (χ2n) is 5.81. The van der Waals surface area contributed by atoms with Crippen molar-refractivity contribution in [2.24, 2.45) is 0 Å². The molecule has 1 atom stereocenters. The van der Waals surface area contributed by atoms with E-state index in [9.17, 15) is 18.0 Å². The van der Waals surface area contributed by atoms with Crippen molar-refractivity contribution < 1.29 is 22.7 Å². The Morgan fingerprint density at radius 3 is 2.67 bits per heavy atom. The second-order valence-corrected chi connectivity index (χ2v) is 7.75. The van der Waals surface area contributed by atoms with Crippen LogP contribution in [0.1, 0.15) is 43.6 Å². The molecule has 134 valence electrons. The summed E-state index contributed by atoms with van der Waals surface area (Å²) in [5.74, 6) is -1.16. The number of H-pyrrole nitrogens is 1. The third-order valence-corrected chi connectivity index (χ3v) is 5.81. The first kappa shape index (κ1) is 18.5. The highest BCUT2D eigenvalue weighted by molar-refractivity contribution is 7.89. The lowest BCUT2D eigenvalue weighted by molar-refractivity contribution is -0.124. The van der Waals surface area contributed by atoms with Gasteiger partial charge in [0.15, 0.2) is 6.61 Å². The number of esters is 1. The van der Waals surface area contributed by atoms with E-state index in [0.717, 1.165) is 19.3 Å². The van der Waals surface area contributed by atoms with Crippen LogP contribution in [0.5, 0.6) is 0 Å². The van der Waals surface area contributed by atoms with Gasteiger partial charge in [-0.25, -0.2) is 13.2 Å². The van der Waals surface area contributed by atoms with Gasteiger partial charge in [-0.1, -0.05) is 6.92 Å². The van der Waals surface area contributed by atoms with E-state index in [1.165, 1.54) is 16.6 Å². The fourth-order valence-corrected chi connectivity index (χ4v) is 3.86. The Balaban J connectivity index is 1.95. The quantitative estimate of drug-likeness (QED) is 0.704. The molecule has 24 heavy (non-hydrogen) atoms. The first-order valence-corrected chi connectivity index (χ1v) is 9.43. The lowest BCUT2D eigenvalue weighted by Gasteiger charge is -2.13. The van der Waals surface area contributed by atoms with Crippen LogP contribution in [-0.4, -0.2) is 55.3 Å². The van der Waals surface area contributed by atoms with Crippen molar-refractivity contribution in [2.45, 2.75) is 44.0 Å². The standard InChI is InChI=1S/C15H23N3O5S/c1-3-11(2)17-14(19)10-23-15(20)13-8-12(9-16-13)24(21,22)18-6-4-5-7-18/h8-9,11,16H,3-7,10H2,1-2H3,(H,17,19). The van der Waals surface area contributed by atoms with Gasteiger partial charge in [-0.3, -0.25) is 4.79 Å². The molecule has 2 heterocycles. The van der Waals surface area contributed by atoms with Crippen LogP contribution in [0.25, 0.3) is 0 Å². The highest BCUT2D eigenvalue weighted by Crippen LogP contribution is 2.21. The van der Waals surface area contributed by atoms with Crippen LogP contribution in [0, 0.1) is 0 Å². The number of ether oxygens (including phenoxy) is 1. The number of rotatable bonds is 7. The van der Waals surface area contributed by atoms with E-state index < -0.39 is 28.5 Å². The Morgan fingerprint density at radius 1 is 1.38 bits per heavy atom. The van der Waals surface area contributed by atoms with Gasteiger partial charge in [0.25, 0.3) is 5.91 Å². The highest BCUT2D eigenvalue weighted by Gasteiger charge is 2.28. The predicted molar refractivity (Wildman–Crippen MR) is 87.0 cm³/mol. The molecule has 0 spiro atoms. The number of aromatic nitrogens is 1. The van der Waals surface area contributed by atoms with Crippen molar-refractivity contribution in [1.29, 1.82) is 0 Å². The number of sulfonamides is 1. The maximum absolute atomic E-state index is 12.4. The molecule has 1 aliphatic rings. The van der Waals surface area contributed by atoms with Crippen molar-refractivity contribution in [3.63, 3.8) is 0 Å². The highest BCUT2D eigenvalue weighted by atomic mass is 32.2. The van der Waals surface area contributed by atoms with Crippen LogP contribution in [0.3, 0.4) is 0 Å². The molecule has 2 rings (SSSR count). The zero-order chi connectivity index (χ0) is 17.7. The van der Waals surface area contributed by atoms with Crippen molar-refractivity contribution >= 4 is 21.9 Å². The Kier molecular flexibility index (Phi) is 6.00. The average Bonchev–Trinajstić information content (AvgIpc) is 3.23. The third kappa shape index (κ3) is 4.35. The minimum absolute atomic E-state index is 0.00102. The summed E-state index contributed by atoms with van der Waals surface area (Å²) >= 11 is 0. The molecular formula is C15H23N3O5S. The first-order valence-electron chi connectivity index (χ1n) is 7.99. The van der Waals surface area contributed by atoms with Gasteiger partial charge in [0.05, 0.1) is 0 Å². The van der Waals surface area contributed by atoms with Crippen LogP contribution in [0.15, 0.2) is 17.2 Å². The SMILES string of the molecule is CCC(C)NC(=O)COC(=O)c1cc(S(=O)(=O)N2CCCC2)c[nH]1. The summed E-state index contributed by atoms with van der Waals surface area (Å²) in [7, 11) is -3.59. The molecule has 0 saturated carbocycles. The molecule has 1 aromatic rings. The Hall–Kier alpha value is -1.87. The molecule has 1 fully saturated rings. The van der Waals surface area contributed by atoms with Gasteiger partial charge < -0.3 is 15.0 Å². The van der Waals surface area contributed by atoms with E-state index >= 15 is 0 Å². The number of aromatic amines is 1. The zero-order valence-corrected chi connectivity index (χ0v) is 14.7. The second kappa shape index (κ2) is 7.80. The molecule has 1 saturated heterocycles. The lowest BCUT2D eigenvalue weighted by Crippen LogP contribution is -2.35. The van der Waals surface area contributed by atoms with E-state index in [4.69, 9.17) is 4.74 Å². The summed E-state index contributed by atoms with van der Waals surface area (Å²) in [5.41, 5.74) is 0.00381. The summed E-state index contributed by atoms with van der Waals surface area (Å²) in [6.45, 7) is 4.35. The number of hydrogen-bond acceptors (Lipinski definition) is 5. The van der Waals surface area contributed by atoms with Crippen molar-refractivity contribution in [3.8, 4) is 0 Å². The molecule has 0 aromatic carbocycles. The van der Waals surface area contributed by atoms with E-state index in [0.29, 0.717) is 13.1 Å². The van der Waals surface area contributed by atoms with Crippen LogP contribution in [-0.2, 0) is 19.6 Å². The van der Waals surface area contributed by atoms with Crippen LogP contribution < -0.4 is 5.32 Å². The minimum atomic E-state index is -3.59. The van der Waals surface area contributed by atoms with Crippen molar-refractivity contribution in [3.05, 3.63) is 18.0 Å². The number of amides is 1. The van der Waals surface area contributed by atoms with Gasteiger partial charge in [-0.05, 0) is 32.3 Å². The minimum Gasteiger partial charge on any atom is -0.451 e. The van der Waals surface area contributed by atoms with Crippen LogP contribution >= 0.6 is 0 Å². The zero-order valence-electron chi connectivity index (χ0n) is 13.9. The van der Waals surface area contributed by atoms with E-state index in [1.54, 1.807) is 0 Å². The molecule has 1 aliphatic heterocycles. The Morgan fingerprint density at radius 2 is 2.04 bits per heavy atom. The number of nitrogens with one attached hydrogen (secondary N) is 2. The van der Waals surface area contributed by atoms with E-state index in [1.807, 2.05) is 13.8 Å². The van der Waals surface area contributed by atoms with Gasteiger partial charge in [-0.15, -0.1) is 0 Å². The van der Waals surface area contributed by atoms with Gasteiger partial charge in [0.2, 0.25) is 10.0 Å². The number of hydrogen-bond donors (Lipinski definition) is 2. The molecule has 9 heteroatoms. The smallest absolute Gasteiger partial charge is 0.355 e. The molecule has 1 aromatic heterocycles. The molecule has 0 bridgehead atoms. The van der Waals surface area contributed by atoms with Gasteiger partial charge in [0.1, 0.15) is 10.6 Å². The molecule has 1 unspecified atom stereocenters. The maximum Gasteiger partial charge on any atom is 0.355 e. The van der Waals surface area contributed by atoms with Crippen LogP contribution in [0.2, 0.25) is 0 Å². The summed E-state index contributed by atoms with van der Waals surface area (Å²) in [6.07, 6.45) is 3.71. The number of nitrogens with zero attached hydrogens (tertiary/aromatic N) is 1. The number of carbonyl (C=O) groups excluding carboxylic acids is 2. The predicted octanol–water partition coefficient (Wildman–Crippen LogP) is 0.871. The summed E-state index contributed by atoms with van der Waals surface area (Å²) in [4.78, 5) is 26.1. The molecule has 0 radical (unpaired) electrons. The molecule has 1 amide bonds. The monoisotopic (exact) mass is 357 g/mol. The summed E-state index contributed by atoms with van der Waals surface area (Å²) < 4.78 is 31.1. The van der Waals surface area contributed by atoms with Gasteiger partial charge >= 0.3 is 5.97 Å². The fourth-order valence-electron chi connectivity index (χ4n) is 2.35. The van der Waals surface area contributed by atoms with Crippen LogP contribution in [0.4, 0.5) is 0 Å². The molecule has 8 nitrogen and oxygen atoms in total. The van der Waals surface area contributed by atoms with Crippen molar-refractivity contribution in [1.82, 2.24) is 14.6 Å². The van der Waals surface area contributed by atoms with E-state index in [2.05, 4.69) is 10.3 Å². The maximum atomic E-state index is 12.4. The molecule has 2 N–H and O–H groups in total. The normalized spacial score (nSPS) is 16.8. The summed E-state index contributed by atoms with van der Waals surface area (Å²) in [6, 6.07) is 1.24. The summed E-state index contributed by atoms with van der Waals surface area (Å²) in [5, 5.41) is 2.67. The topological polar surface area (TPSA) is 109 Å². The number of carbonyl (C=O) groups is 2.